The predicted molar refractivity (Wildman–Crippen MR) is 121 cm³/mol. The van der Waals surface area contributed by atoms with Gasteiger partial charge >= 0.3 is 0 Å². The zero-order valence-corrected chi connectivity index (χ0v) is 17.9. The Balaban J connectivity index is 1.42. The van der Waals surface area contributed by atoms with Crippen LogP contribution in [0.25, 0.3) is 0 Å². The lowest BCUT2D eigenvalue weighted by molar-refractivity contribution is -0.121. The van der Waals surface area contributed by atoms with Crippen molar-refractivity contribution in [1.82, 2.24) is 10.3 Å². The van der Waals surface area contributed by atoms with Gasteiger partial charge in [-0.25, -0.2) is 0 Å². The highest BCUT2D eigenvalue weighted by molar-refractivity contribution is 6.04. The molecule has 6 heteroatoms. The third-order valence-corrected chi connectivity index (χ3v) is 4.80. The molecule has 6 nitrogen and oxygen atoms in total. The summed E-state index contributed by atoms with van der Waals surface area (Å²) in [5.74, 6) is 0.640. The molecule has 0 bridgehead atoms. The molecule has 0 aliphatic heterocycles. The van der Waals surface area contributed by atoms with E-state index in [1.165, 1.54) is 6.20 Å². The van der Waals surface area contributed by atoms with Crippen molar-refractivity contribution >= 4 is 17.5 Å². The standard InChI is InChI=1S/C25H27N3O3/c1-18-7-3-8-19(2)24(18)31-14-6-12-23(29)27-16-20-9-4-11-22(15-20)28-25(30)21-10-5-13-26-17-21/h3-5,7-11,13,15,17H,6,12,14,16H2,1-2H3,(H,27,29)(H,28,30). The third-order valence-electron chi connectivity index (χ3n) is 4.80. The Labute approximate surface area is 182 Å². The van der Waals surface area contributed by atoms with Crippen LogP contribution in [0, 0.1) is 13.8 Å². The quantitative estimate of drug-likeness (QED) is 0.505. The Morgan fingerprint density at radius 3 is 2.52 bits per heavy atom. The molecule has 2 amide bonds. The van der Waals surface area contributed by atoms with Crippen molar-refractivity contribution in [2.45, 2.75) is 33.2 Å². The van der Waals surface area contributed by atoms with Crippen LogP contribution in [0.2, 0.25) is 0 Å². The maximum Gasteiger partial charge on any atom is 0.257 e. The van der Waals surface area contributed by atoms with Crippen LogP contribution in [0.4, 0.5) is 5.69 Å². The van der Waals surface area contributed by atoms with Gasteiger partial charge in [0.1, 0.15) is 5.75 Å². The number of para-hydroxylation sites is 1. The number of aryl methyl sites for hydroxylation is 2. The number of aromatic nitrogens is 1. The molecule has 3 aromatic rings. The molecule has 0 atom stereocenters. The van der Waals surface area contributed by atoms with Crippen LogP contribution in [0.1, 0.15) is 39.9 Å². The van der Waals surface area contributed by atoms with E-state index < -0.39 is 0 Å². The Morgan fingerprint density at radius 1 is 1.00 bits per heavy atom. The number of amides is 2. The topological polar surface area (TPSA) is 80.3 Å². The summed E-state index contributed by atoms with van der Waals surface area (Å²) < 4.78 is 5.85. The van der Waals surface area contributed by atoms with Crippen molar-refractivity contribution in [1.29, 1.82) is 0 Å². The molecule has 0 saturated carbocycles. The largest absolute Gasteiger partial charge is 0.493 e. The summed E-state index contributed by atoms with van der Waals surface area (Å²) in [6.45, 7) is 4.92. The SMILES string of the molecule is Cc1cccc(C)c1OCCCC(=O)NCc1cccc(NC(=O)c2cccnc2)c1. The molecule has 2 aromatic carbocycles. The fourth-order valence-corrected chi connectivity index (χ4v) is 3.18. The summed E-state index contributed by atoms with van der Waals surface area (Å²) in [6, 6.07) is 16.9. The number of hydrogen-bond donors (Lipinski definition) is 2. The average Bonchev–Trinajstić information content (AvgIpc) is 2.78. The van der Waals surface area contributed by atoms with E-state index in [0.717, 1.165) is 22.4 Å². The zero-order chi connectivity index (χ0) is 22.1. The van der Waals surface area contributed by atoms with Gasteiger partial charge in [-0.2, -0.15) is 0 Å². The number of ether oxygens (including phenoxy) is 1. The van der Waals surface area contributed by atoms with E-state index in [4.69, 9.17) is 4.74 Å². The van der Waals surface area contributed by atoms with Gasteiger partial charge in [0.05, 0.1) is 12.2 Å². The van der Waals surface area contributed by atoms with Crippen molar-refractivity contribution in [3.8, 4) is 5.75 Å². The molecule has 0 spiro atoms. The molecule has 0 unspecified atom stereocenters. The maximum atomic E-state index is 12.3. The fourth-order valence-electron chi connectivity index (χ4n) is 3.18. The number of carbonyl (C=O) groups excluding carboxylic acids is 2. The monoisotopic (exact) mass is 417 g/mol. The van der Waals surface area contributed by atoms with Crippen LogP contribution in [0.5, 0.6) is 5.75 Å². The lowest BCUT2D eigenvalue weighted by Crippen LogP contribution is -2.23. The number of nitrogens with zero attached hydrogens (tertiary/aromatic N) is 1. The molecule has 3 rings (SSSR count). The zero-order valence-electron chi connectivity index (χ0n) is 17.9. The van der Waals surface area contributed by atoms with Crippen molar-refractivity contribution in [3.05, 3.63) is 89.2 Å². The van der Waals surface area contributed by atoms with Gasteiger partial charge in [0.15, 0.2) is 0 Å². The van der Waals surface area contributed by atoms with Gasteiger partial charge in [0, 0.05) is 31.0 Å². The Bertz CT molecular complexity index is 1010. The van der Waals surface area contributed by atoms with Gasteiger partial charge in [-0.05, 0) is 61.2 Å². The Morgan fingerprint density at radius 2 is 1.77 bits per heavy atom. The summed E-state index contributed by atoms with van der Waals surface area (Å²) in [5, 5.41) is 5.76. The third kappa shape index (κ3) is 6.67. The Kier molecular flexibility index (Phi) is 7.76. The normalized spacial score (nSPS) is 10.4. The number of hydrogen-bond acceptors (Lipinski definition) is 4. The second-order valence-electron chi connectivity index (χ2n) is 7.35. The molecular weight excluding hydrogens is 390 g/mol. The number of carbonyl (C=O) groups is 2. The molecule has 0 aliphatic rings. The first kappa shape index (κ1) is 22.0. The molecule has 1 heterocycles. The van der Waals surface area contributed by atoms with Crippen LogP contribution >= 0.6 is 0 Å². The van der Waals surface area contributed by atoms with E-state index in [-0.39, 0.29) is 11.8 Å². The number of rotatable bonds is 9. The van der Waals surface area contributed by atoms with E-state index in [0.29, 0.717) is 37.2 Å². The number of anilines is 1. The number of nitrogens with one attached hydrogen (secondary N) is 2. The molecule has 0 radical (unpaired) electrons. The van der Waals surface area contributed by atoms with Crippen molar-refractivity contribution in [2.75, 3.05) is 11.9 Å². The van der Waals surface area contributed by atoms with Crippen LogP contribution in [0.3, 0.4) is 0 Å². The predicted octanol–water partition coefficient (Wildman–Crippen LogP) is 4.43. The van der Waals surface area contributed by atoms with Crippen molar-refractivity contribution < 1.29 is 14.3 Å². The molecule has 160 valence electrons. The first-order chi connectivity index (χ1) is 15.0. The molecule has 31 heavy (non-hydrogen) atoms. The van der Waals surface area contributed by atoms with Crippen LogP contribution < -0.4 is 15.4 Å². The van der Waals surface area contributed by atoms with E-state index in [9.17, 15) is 9.59 Å². The average molecular weight is 418 g/mol. The molecular formula is C25H27N3O3. The van der Waals surface area contributed by atoms with Crippen LogP contribution in [0.15, 0.2) is 67.0 Å². The molecule has 0 saturated heterocycles. The summed E-state index contributed by atoms with van der Waals surface area (Å²) in [6.07, 6.45) is 4.17. The summed E-state index contributed by atoms with van der Waals surface area (Å²) >= 11 is 0. The first-order valence-electron chi connectivity index (χ1n) is 10.3. The van der Waals surface area contributed by atoms with Gasteiger partial charge < -0.3 is 15.4 Å². The summed E-state index contributed by atoms with van der Waals surface area (Å²) in [7, 11) is 0. The van der Waals surface area contributed by atoms with Crippen molar-refractivity contribution in [2.24, 2.45) is 0 Å². The second kappa shape index (κ2) is 10.9. The van der Waals surface area contributed by atoms with E-state index in [1.54, 1.807) is 18.3 Å². The molecule has 0 fully saturated rings. The molecule has 2 N–H and O–H groups in total. The highest BCUT2D eigenvalue weighted by Gasteiger charge is 2.08. The van der Waals surface area contributed by atoms with Gasteiger partial charge in [-0.15, -0.1) is 0 Å². The number of pyridine rings is 1. The Hall–Kier alpha value is -3.67. The van der Waals surface area contributed by atoms with Gasteiger partial charge in [0.2, 0.25) is 5.91 Å². The fraction of sp³-hybridized carbons (Fsp3) is 0.240. The minimum absolute atomic E-state index is 0.0325. The minimum atomic E-state index is -0.224. The lowest BCUT2D eigenvalue weighted by atomic mass is 10.1. The van der Waals surface area contributed by atoms with Crippen molar-refractivity contribution in [3.63, 3.8) is 0 Å². The van der Waals surface area contributed by atoms with Crippen LogP contribution in [-0.4, -0.2) is 23.4 Å². The second-order valence-corrected chi connectivity index (χ2v) is 7.35. The smallest absolute Gasteiger partial charge is 0.257 e. The van der Waals surface area contributed by atoms with E-state index in [1.807, 2.05) is 56.3 Å². The van der Waals surface area contributed by atoms with Gasteiger partial charge in [-0.1, -0.05) is 30.3 Å². The van der Waals surface area contributed by atoms with E-state index >= 15 is 0 Å². The summed E-state index contributed by atoms with van der Waals surface area (Å²) in [5.41, 5.74) is 4.26. The molecule has 0 aliphatic carbocycles. The maximum absolute atomic E-state index is 12.3. The molecule has 1 aromatic heterocycles. The van der Waals surface area contributed by atoms with E-state index in [2.05, 4.69) is 15.6 Å². The highest BCUT2D eigenvalue weighted by atomic mass is 16.5. The highest BCUT2D eigenvalue weighted by Crippen LogP contribution is 2.22. The number of benzene rings is 2. The van der Waals surface area contributed by atoms with Gasteiger partial charge in [-0.3, -0.25) is 14.6 Å². The first-order valence-corrected chi connectivity index (χ1v) is 10.3. The summed E-state index contributed by atoms with van der Waals surface area (Å²) in [4.78, 5) is 28.4. The van der Waals surface area contributed by atoms with Crippen LogP contribution in [-0.2, 0) is 11.3 Å². The minimum Gasteiger partial charge on any atom is -0.493 e. The van der Waals surface area contributed by atoms with Gasteiger partial charge in [0.25, 0.3) is 5.91 Å². The lowest BCUT2D eigenvalue weighted by Gasteiger charge is -2.12.